The fraction of sp³-hybridized carbons (Fsp3) is 0.769. The van der Waals surface area contributed by atoms with Crippen LogP contribution in [0, 0.1) is 5.92 Å². The highest BCUT2D eigenvalue weighted by atomic mass is 32.1. The summed E-state index contributed by atoms with van der Waals surface area (Å²) in [6.45, 7) is 9.10. The fourth-order valence-corrected chi connectivity index (χ4v) is 3.10. The van der Waals surface area contributed by atoms with E-state index in [1.165, 1.54) is 36.6 Å². The van der Waals surface area contributed by atoms with Crippen LogP contribution in [0.3, 0.4) is 0 Å². The zero-order chi connectivity index (χ0) is 11.6. The van der Waals surface area contributed by atoms with Crippen molar-refractivity contribution in [2.75, 3.05) is 13.1 Å². The number of nitrogens with zero attached hydrogens (tertiary/aromatic N) is 1. The molecule has 0 bridgehead atoms. The van der Waals surface area contributed by atoms with Gasteiger partial charge in [-0.3, -0.25) is 0 Å². The zero-order valence-electron chi connectivity index (χ0n) is 10.5. The van der Waals surface area contributed by atoms with Crippen LogP contribution in [0.5, 0.6) is 0 Å². The largest absolute Gasteiger partial charge is 0.316 e. The topological polar surface area (TPSA) is 24.9 Å². The van der Waals surface area contributed by atoms with Gasteiger partial charge < -0.3 is 5.32 Å². The molecule has 1 saturated heterocycles. The lowest BCUT2D eigenvalue weighted by atomic mass is 9.93. The van der Waals surface area contributed by atoms with E-state index in [0.29, 0.717) is 0 Å². The van der Waals surface area contributed by atoms with Crippen LogP contribution in [0.25, 0.3) is 0 Å². The van der Waals surface area contributed by atoms with Crippen LogP contribution in [0.4, 0.5) is 0 Å². The second kappa shape index (κ2) is 4.84. The molecule has 16 heavy (non-hydrogen) atoms. The van der Waals surface area contributed by atoms with E-state index in [1.54, 1.807) is 0 Å². The summed E-state index contributed by atoms with van der Waals surface area (Å²) in [6, 6.07) is 0. The SMILES string of the molecule is CC(C)(C)c1csc(CCC2CCNC2)n1. The Balaban J connectivity index is 1.87. The molecule has 2 rings (SSSR count). The summed E-state index contributed by atoms with van der Waals surface area (Å²) >= 11 is 1.83. The summed E-state index contributed by atoms with van der Waals surface area (Å²) in [5, 5.41) is 6.96. The van der Waals surface area contributed by atoms with E-state index in [4.69, 9.17) is 4.98 Å². The molecule has 1 fully saturated rings. The van der Waals surface area contributed by atoms with Crippen LogP contribution >= 0.6 is 11.3 Å². The lowest BCUT2D eigenvalue weighted by Gasteiger charge is -2.14. The van der Waals surface area contributed by atoms with Gasteiger partial charge in [-0.1, -0.05) is 20.8 Å². The second-order valence-corrected chi connectivity index (χ2v) is 6.72. The molecule has 0 saturated carbocycles. The van der Waals surface area contributed by atoms with Crippen molar-refractivity contribution in [1.82, 2.24) is 10.3 Å². The summed E-state index contributed by atoms with van der Waals surface area (Å²) in [5.74, 6) is 0.877. The van der Waals surface area contributed by atoms with Crippen molar-refractivity contribution in [3.63, 3.8) is 0 Å². The minimum absolute atomic E-state index is 0.198. The van der Waals surface area contributed by atoms with Crippen molar-refractivity contribution in [2.24, 2.45) is 5.92 Å². The van der Waals surface area contributed by atoms with E-state index in [2.05, 4.69) is 31.5 Å². The summed E-state index contributed by atoms with van der Waals surface area (Å²) in [7, 11) is 0. The number of rotatable bonds is 3. The van der Waals surface area contributed by atoms with Gasteiger partial charge in [0.2, 0.25) is 0 Å². The molecule has 3 heteroatoms. The Hall–Kier alpha value is -0.410. The monoisotopic (exact) mass is 238 g/mol. The minimum Gasteiger partial charge on any atom is -0.316 e. The van der Waals surface area contributed by atoms with Gasteiger partial charge in [-0.15, -0.1) is 11.3 Å². The van der Waals surface area contributed by atoms with Crippen molar-refractivity contribution in [1.29, 1.82) is 0 Å². The van der Waals surface area contributed by atoms with Crippen LogP contribution in [-0.2, 0) is 11.8 Å². The molecule has 2 nitrogen and oxygen atoms in total. The molecule has 1 aliphatic heterocycles. The van der Waals surface area contributed by atoms with E-state index in [9.17, 15) is 0 Å². The van der Waals surface area contributed by atoms with E-state index in [0.717, 1.165) is 12.3 Å². The smallest absolute Gasteiger partial charge is 0.0928 e. The minimum atomic E-state index is 0.198. The lowest BCUT2D eigenvalue weighted by molar-refractivity contribution is 0.528. The van der Waals surface area contributed by atoms with Gasteiger partial charge in [-0.05, 0) is 38.3 Å². The van der Waals surface area contributed by atoms with Crippen LogP contribution in [0.2, 0.25) is 0 Å². The van der Waals surface area contributed by atoms with Gasteiger partial charge >= 0.3 is 0 Å². The Labute approximate surface area is 102 Å². The maximum Gasteiger partial charge on any atom is 0.0928 e. The van der Waals surface area contributed by atoms with Gasteiger partial charge in [-0.2, -0.15) is 0 Å². The van der Waals surface area contributed by atoms with Gasteiger partial charge in [0.1, 0.15) is 0 Å². The van der Waals surface area contributed by atoms with Crippen molar-refractivity contribution in [3.8, 4) is 0 Å². The van der Waals surface area contributed by atoms with Gasteiger partial charge in [0.25, 0.3) is 0 Å². The Morgan fingerprint density at radius 3 is 2.88 bits per heavy atom. The second-order valence-electron chi connectivity index (χ2n) is 5.77. The molecule has 1 aliphatic rings. The number of aromatic nitrogens is 1. The fourth-order valence-electron chi connectivity index (χ4n) is 2.06. The molecule has 90 valence electrons. The van der Waals surface area contributed by atoms with Gasteiger partial charge in [0.05, 0.1) is 10.7 Å². The highest BCUT2D eigenvalue weighted by molar-refractivity contribution is 7.09. The van der Waals surface area contributed by atoms with Crippen LogP contribution < -0.4 is 5.32 Å². The summed E-state index contributed by atoms with van der Waals surface area (Å²) in [4.78, 5) is 4.74. The lowest BCUT2D eigenvalue weighted by Crippen LogP contribution is -2.12. The Bertz CT molecular complexity index is 332. The number of nitrogens with one attached hydrogen (secondary N) is 1. The average Bonchev–Trinajstić information content (AvgIpc) is 2.85. The number of aryl methyl sites for hydroxylation is 1. The summed E-state index contributed by atoms with van der Waals surface area (Å²) in [5.41, 5.74) is 1.45. The third kappa shape index (κ3) is 3.05. The van der Waals surface area contributed by atoms with Crippen molar-refractivity contribution >= 4 is 11.3 Å². The quantitative estimate of drug-likeness (QED) is 0.875. The standard InChI is InChI=1S/C13H22N2S/c1-13(2,3)11-9-16-12(15-11)5-4-10-6-7-14-8-10/h9-10,14H,4-8H2,1-3H3. The normalized spacial score (nSPS) is 21.6. The first-order chi connectivity index (χ1) is 7.55. The molecule has 0 spiro atoms. The first-order valence-corrected chi connectivity index (χ1v) is 7.09. The summed E-state index contributed by atoms with van der Waals surface area (Å²) in [6.07, 6.45) is 3.80. The molecule has 1 aromatic heterocycles. The molecule has 2 heterocycles. The predicted molar refractivity (Wildman–Crippen MR) is 70.1 cm³/mol. The van der Waals surface area contributed by atoms with Crippen LogP contribution in [-0.4, -0.2) is 18.1 Å². The first kappa shape index (κ1) is 12.1. The Morgan fingerprint density at radius 2 is 2.31 bits per heavy atom. The third-order valence-corrected chi connectivity index (χ3v) is 4.16. The molecule has 0 radical (unpaired) electrons. The van der Waals surface area contributed by atoms with E-state index in [1.807, 2.05) is 11.3 Å². The molecular formula is C13H22N2S. The molecule has 1 unspecified atom stereocenters. The van der Waals surface area contributed by atoms with Crippen molar-refractivity contribution < 1.29 is 0 Å². The summed E-state index contributed by atoms with van der Waals surface area (Å²) < 4.78 is 0. The predicted octanol–water partition coefficient (Wildman–Crippen LogP) is 2.98. The molecule has 0 amide bonds. The molecule has 1 aromatic rings. The number of hydrogen-bond acceptors (Lipinski definition) is 3. The van der Waals surface area contributed by atoms with Crippen LogP contribution in [0.1, 0.15) is 44.3 Å². The van der Waals surface area contributed by atoms with Gasteiger partial charge in [0, 0.05) is 10.8 Å². The molecule has 0 aromatic carbocycles. The maximum atomic E-state index is 4.74. The Morgan fingerprint density at radius 1 is 1.50 bits per heavy atom. The van der Waals surface area contributed by atoms with E-state index >= 15 is 0 Å². The van der Waals surface area contributed by atoms with E-state index in [-0.39, 0.29) is 5.41 Å². The molecule has 0 aliphatic carbocycles. The highest BCUT2D eigenvalue weighted by Crippen LogP contribution is 2.25. The first-order valence-electron chi connectivity index (χ1n) is 6.21. The van der Waals surface area contributed by atoms with Crippen molar-refractivity contribution in [2.45, 2.75) is 45.4 Å². The molecular weight excluding hydrogens is 216 g/mol. The van der Waals surface area contributed by atoms with Crippen molar-refractivity contribution in [3.05, 3.63) is 16.1 Å². The molecule has 1 N–H and O–H groups in total. The number of thiazole rings is 1. The maximum absolute atomic E-state index is 4.74. The van der Waals surface area contributed by atoms with Crippen LogP contribution in [0.15, 0.2) is 5.38 Å². The van der Waals surface area contributed by atoms with E-state index < -0.39 is 0 Å². The molecule has 1 atom stereocenters. The van der Waals surface area contributed by atoms with Gasteiger partial charge in [-0.25, -0.2) is 4.98 Å². The zero-order valence-corrected chi connectivity index (χ0v) is 11.4. The Kier molecular flexibility index (Phi) is 3.65. The third-order valence-electron chi connectivity index (χ3n) is 3.25. The van der Waals surface area contributed by atoms with Gasteiger partial charge in [0.15, 0.2) is 0 Å². The number of hydrogen-bond donors (Lipinski definition) is 1. The average molecular weight is 238 g/mol. The highest BCUT2D eigenvalue weighted by Gasteiger charge is 2.18.